The van der Waals surface area contributed by atoms with Gasteiger partial charge >= 0.3 is 0 Å². The van der Waals surface area contributed by atoms with Crippen LogP contribution in [0.15, 0.2) is 30.6 Å². The number of ether oxygens (including phenoxy) is 1. The van der Waals surface area contributed by atoms with Gasteiger partial charge in [-0.2, -0.15) is 14.6 Å². The van der Waals surface area contributed by atoms with E-state index in [1.54, 1.807) is 4.52 Å². The molecule has 20 heavy (non-hydrogen) atoms. The highest BCUT2D eigenvalue weighted by Gasteiger charge is 2.12. The number of rotatable bonds is 2. The minimum atomic E-state index is 0.594. The Bertz CT molecular complexity index is 795. The van der Waals surface area contributed by atoms with Crippen LogP contribution in [0.1, 0.15) is 16.8 Å². The molecule has 0 spiro atoms. The molecule has 0 bridgehead atoms. The Kier molecular flexibility index (Phi) is 2.43. The van der Waals surface area contributed by atoms with E-state index in [1.165, 1.54) is 17.5 Å². The minimum Gasteiger partial charge on any atom is -0.372 e. The van der Waals surface area contributed by atoms with Gasteiger partial charge in [-0.25, -0.2) is 4.98 Å². The first-order valence-electron chi connectivity index (χ1n) is 6.43. The highest BCUT2D eigenvalue weighted by molar-refractivity contribution is 5.60. The van der Waals surface area contributed by atoms with E-state index in [0.717, 1.165) is 17.2 Å². The number of aromatic nitrogens is 4. The Labute approximate surface area is 115 Å². The normalized spacial score (nSPS) is 13.7. The zero-order valence-corrected chi connectivity index (χ0v) is 11.0. The molecule has 1 N–H and O–H groups in total. The molecule has 0 amide bonds. The Morgan fingerprint density at radius 3 is 3.05 bits per heavy atom. The van der Waals surface area contributed by atoms with Crippen LogP contribution < -0.4 is 5.32 Å². The summed E-state index contributed by atoms with van der Waals surface area (Å²) in [6.07, 6.45) is 1.50. The van der Waals surface area contributed by atoms with E-state index in [4.69, 9.17) is 4.74 Å². The summed E-state index contributed by atoms with van der Waals surface area (Å²) >= 11 is 0. The molecule has 1 aliphatic rings. The van der Waals surface area contributed by atoms with Crippen molar-refractivity contribution in [3.8, 4) is 0 Å². The molecule has 6 nitrogen and oxygen atoms in total. The van der Waals surface area contributed by atoms with Gasteiger partial charge in [0.2, 0.25) is 0 Å². The van der Waals surface area contributed by atoms with Gasteiger partial charge in [0.05, 0.1) is 13.2 Å². The van der Waals surface area contributed by atoms with Gasteiger partial charge in [-0.15, -0.1) is 0 Å². The lowest BCUT2D eigenvalue weighted by atomic mass is 10.1. The summed E-state index contributed by atoms with van der Waals surface area (Å²) < 4.78 is 7.12. The summed E-state index contributed by atoms with van der Waals surface area (Å²) in [5.74, 6) is 1.45. The first kappa shape index (κ1) is 11.4. The van der Waals surface area contributed by atoms with Gasteiger partial charge in [0.1, 0.15) is 12.1 Å². The van der Waals surface area contributed by atoms with Crippen molar-refractivity contribution in [2.45, 2.75) is 20.1 Å². The second-order valence-corrected chi connectivity index (χ2v) is 4.86. The Morgan fingerprint density at radius 1 is 1.20 bits per heavy atom. The molecule has 4 rings (SSSR count). The van der Waals surface area contributed by atoms with Crippen LogP contribution in [-0.2, 0) is 18.0 Å². The van der Waals surface area contributed by atoms with E-state index in [9.17, 15) is 0 Å². The molecular formula is C14H13N5O. The van der Waals surface area contributed by atoms with Crippen molar-refractivity contribution in [2.24, 2.45) is 0 Å². The van der Waals surface area contributed by atoms with E-state index < -0.39 is 0 Å². The van der Waals surface area contributed by atoms with Gasteiger partial charge < -0.3 is 10.1 Å². The first-order chi connectivity index (χ1) is 9.79. The second-order valence-electron chi connectivity index (χ2n) is 4.86. The summed E-state index contributed by atoms with van der Waals surface area (Å²) in [4.78, 5) is 8.45. The highest BCUT2D eigenvalue weighted by atomic mass is 16.5. The van der Waals surface area contributed by atoms with Crippen LogP contribution in [0.4, 0.5) is 11.5 Å². The number of aryl methyl sites for hydroxylation is 1. The summed E-state index contributed by atoms with van der Waals surface area (Å²) in [6, 6.07) is 8.20. The summed E-state index contributed by atoms with van der Waals surface area (Å²) in [5.41, 5.74) is 4.40. The maximum Gasteiger partial charge on any atom is 0.254 e. The van der Waals surface area contributed by atoms with E-state index >= 15 is 0 Å². The second kappa shape index (κ2) is 4.28. The van der Waals surface area contributed by atoms with Crippen LogP contribution in [0.5, 0.6) is 0 Å². The van der Waals surface area contributed by atoms with Gasteiger partial charge in [0, 0.05) is 17.4 Å². The molecule has 3 aromatic rings. The molecule has 1 aliphatic heterocycles. The molecule has 100 valence electrons. The Morgan fingerprint density at radius 2 is 2.10 bits per heavy atom. The molecule has 0 atom stereocenters. The quantitative estimate of drug-likeness (QED) is 0.771. The fourth-order valence-corrected chi connectivity index (χ4v) is 2.42. The summed E-state index contributed by atoms with van der Waals surface area (Å²) in [5, 5.41) is 7.55. The first-order valence-corrected chi connectivity index (χ1v) is 6.43. The molecule has 0 aliphatic carbocycles. The molecule has 2 aromatic heterocycles. The van der Waals surface area contributed by atoms with Crippen LogP contribution in [0.25, 0.3) is 5.78 Å². The maximum atomic E-state index is 5.43. The molecular weight excluding hydrogens is 254 g/mol. The monoisotopic (exact) mass is 267 g/mol. The molecule has 0 unspecified atom stereocenters. The largest absolute Gasteiger partial charge is 0.372 e. The fourth-order valence-electron chi connectivity index (χ4n) is 2.42. The number of fused-ring (bicyclic) bond motifs is 2. The molecule has 0 saturated carbocycles. The topological polar surface area (TPSA) is 64.3 Å². The average molecular weight is 267 g/mol. The summed E-state index contributed by atoms with van der Waals surface area (Å²) in [6.45, 7) is 3.33. The van der Waals surface area contributed by atoms with Crippen LogP contribution >= 0.6 is 0 Å². The van der Waals surface area contributed by atoms with Crippen molar-refractivity contribution >= 4 is 17.3 Å². The van der Waals surface area contributed by atoms with Crippen LogP contribution in [0.3, 0.4) is 0 Å². The van der Waals surface area contributed by atoms with Gasteiger partial charge in [-0.3, -0.25) is 0 Å². The van der Waals surface area contributed by atoms with Crippen LogP contribution in [0.2, 0.25) is 0 Å². The van der Waals surface area contributed by atoms with Gasteiger partial charge in [0.15, 0.2) is 0 Å². The lowest BCUT2D eigenvalue weighted by molar-refractivity contribution is 0.134. The third-order valence-corrected chi connectivity index (χ3v) is 3.37. The highest BCUT2D eigenvalue weighted by Crippen LogP contribution is 2.25. The van der Waals surface area contributed by atoms with Crippen molar-refractivity contribution in [1.82, 2.24) is 19.6 Å². The van der Waals surface area contributed by atoms with E-state index in [1.807, 2.05) is 19.1 Å². The lowest BCUT2D eigenvalue weighted by Gasteiger charge is -2.09. The van der Waals surface area contributed by atoms with Crippen molar-refractivity contribution in [2.75, 3.05) is 5.32 Å². The zero-order valence-electron chi connectivity index (χ0n) is 11.0. The number of nitrogens with zero attached hydrogens (tertiary/aromatic N) is 4. The van der Waals surface area contributed by atoms with Gasteiger partial charge in [-0.05, 0) is 30.2 Å². The van der Waals surface area contributed by atoms with Crippen molar-refractivity contribution in [3.05, 3.63) is 47.4 Å². The fraction of sp³-hybridized carbons (Fsp3) is 0.214. The lowest BCUT2D eigenvalue weighted by Crippen LogP contribution is -2.03. The third-order valence-electron chi connectivity index (χ3n) is 3.37. The summed E-state index contributed by atoms with van der Waals surface area (Å²) in [7, 11) is 0. The van der Waals surface area contributed by atoms with E-state index in [2.05, 4.69) is 32.5 Å². The van der Waals surface area contributed by atoms with Gasteiger partial charge in [0.25, 0.3) is 5.78 Å². The molecule has 1 aromatic carbocycles. The van der Waals surface area contributed by atoms with E-state index in [-0.39, 0.29) is 0 Å². The Balaban J connectivity index is 1.75. The third kappa shape index (κ3) is 1.81. The van der Waals surface area contributed by atoms with Crippen LogP contribution in [-0.4, -0.2) is 19.6 Å². The van der Waals surface area contributed by atoms with Crippen molar-refractivity contribution < 1.29 is 4.74 Å². The van der Waals surface area contributed by atoms with E-state index in [0.29, 0.717) is 19.0 Å². The molecule has 0 radical (unpaired) electrons. The van der Waals surface area contributed by atoms with Crippen molar-refractivity contribution in [1.29, 1.82) is 0 Å². The Hall–Kier alpha value is -2.47. The van der Waals surface area contributed by atoms with Gasteiger partial charge in [-0.1, -0.05) is 6.07 Å². The number of nitrogens with one attached hydrogen (secondary N) is 1. The number of hydrogen-bond acceptors (Lipinski definition) is 5. The zero-order chi connectivity index (χ0) is 13.5. The smallest absolute Gasteiger partial charge is 0.254 e. The average Bonchev–Trinajstić information content (AvgIpc) is 3.05. The predicted octanol–water partition coefficient (Wildman–Crippen LogP) is 2.21. The van der Waals surface area contributed by atoms with Crippen LogP contribution in [0, 0.1) is 6.92 Å². The number of hydrogen-bond donors (Lipinski definition) is 1. The minimum absolute atomic E-state index is 0.594. The number of benzene rings is 1. The number of anilines is 2. The molecule has 0 saturated heterocycles. The molecule has 0 fully saturated rings. The maximum absolute atomic E-state index is 5.43. The predicted molar refractivity (Wildman–Crippen MR) is 73.7 cm³/mol. The standard InChI is InChI=1S/C14H13N5O/c1-9-4-13(19-14(17-9)15-8-16-19)18-12-3-2-10-6-20-7-11(10)5-12/h2-5,8,18H,6-7H2,1H3. The molecule has 6 heteroatoms. The molecule has 3 heterocycles. The van der Waals surface area contributed by atoms with Crippen molar-refractivity contribution in [3.63, 3.8) is 0 Å². The SMILES string of the molecule is Cc1cc(Nc2ccc3c(c2)COC3)n2ncnc2n1.